The number of carbonyl (C=O) groups excluding carboxylic acids is 1. The van der Waals surface area contributed by atoms with E-state index in [2.05, 4.69) is 20.7 Å². The third kappa shape index (κ3) is 4.02. The van der Waals surface area contributed by atoms with Crippen LogP contribution in [0.5, 0.6) is 0 Å². The van der Waals surface area contributed by atoms with Crippen LogP contribution in [0.4, 0.5) is 9.52 Å². The van der Waals surface area contributed by atoms with Crippen molar-refractivity contribution in [2.24, 2.45) is 5.10 Å². The molecule has 0 atom stereocenters. The van der Waals surface area contributed by atoms with Gasteiger partial charge in [-0.2, -0.15) is 5.10 Å². The Hall–Kier alpha value is -3.07. The van der Waals surface area contributed by atoms with Gasteiger partial charge in [0.25, 0.3) is 0 Å². The van der Waals surface area contributed by atoms with Gasteiger partial charge in [0.1, 0.15) is 22.3 Å². The van der Waals surface area contributed by atoms with Crippen LogP contribution >= 0.6 is 11.3 Å². The van der Waals surface area contributed by atoms with Gasteiger partial charge in [0.2, 0.25) is 11.0 Å². The van der Waals surface area contributed by atoms with Gasteiger partial charge in [-0.25, -0.2) is 9.82 Å². The van der Waals surface area contributed by atoms with E-state index in [1.807, 2.05) is 0 Å². The molecule has 3 rings (SSSR count). The van der Waals surface area contributed by atoms with Crippen LogP contribution in [0.1, 0.15) is 10.8 Å². The van der Waals surface area contributed by atoms with E-state index in [0.717, 1.165) is 16.9 Å². The zero-order valence-electron chi connectivity index (χ0n) is 12.3. The van der Waals surface area contributed by atoms with Gasteiger partial charge < -0.3 is 10.2 Å². The third-order valence-electron chi connectivity index (χ3n) is 2.93. The molecule has 3 N–H and O–H groups in total. The number of hydrogen-bond donors (Lipinski definition) is 2. The van der Waals surface area contributed by atoms with Crippen LogP contribution in [-0.2, 0) is 11.2 Å². The molecular weight excluding hydrogens is 333 g/mol. The number of hydrogen-bond acceptors (Lipinski definition) is 7. The third-order valence-corrected chi connectivity index (χ3v) is 3.68. The first-order valence-electron chi connectivity index (χ1n) is 6.86. The second kappa shape index (κ2) is 7.01. The SMILES string of the molecule is Nc1nnc(CC(=O)NN=Cc2ccc(-c3ccc(F)cc3)o2)s1. The fourth-order valence-electron chi connectivity index (χ4n) is 1.87. The molecule has 0 aliphatic rings. The maximum Gasteiger partial charge on any atom is 0.247 e. The highest BCUT2D eigenvalue weighted by Gasteiger charge is 2.07. The van der Waals surface area contributed by atoms with Crippen molar-refractivity contribution >= 4 is 28.6 Å². The normalized spacial score (nSPS) is 11.0. The Morgan fingerprint density at radius 1 is 1.29 bits per heavy atom. The molecule has 9 heteroatoms. The predicted molar refractivity (Wildman–Crippen MR) is 87.9 cm³/mol. The highest BCUT2D eigenvalue weighted by Crippen LogP contribution is 2.21. The molecule has 0 saturated heterocycles. The van der Waals surface area contributed by atoms with Crippen molar-refractivity contribution in [1.82, 2.24) is 15.6 Å². The molecule has 0 bridgehead atoms. The monoisotopic (exact) mass is 345 g/mol. The number of carbonyl (C=O) groups is 1. The summed E-state index contributed by atoms with van der Waals surface area (Å²) in [5.74, 6) is 0.376. The van der Waals surface area contributed by atoms with E-state index in [9.17, 15) is 9.18 Å². The molecule has 0 fully saturated rings. The second-order valence-corrected chi connectivity index (χ2v) is 5.81. The minimum Gasteiger partial charge on any atom is -0.455 e. The van der Waals surface area contributed by atoms with Gasteiger partial charge in [0.05, 0.1) is 12.6 Å². The van der Waals surface area contributed by atoms with E-state index in [4.69, 9.17) is 10.2 Å². The van der Waals surface area contributed by atoms with Crippen molar-refractivity contribution in [3.05, 3.63) is 53.0 Å². The van der Waals surface area contributed by atoms with E-state index in [1.54, 1.807) is 24.3 Å². The van der Waals surface area contributed by atoms with Crippen LogP contribution in [0, 0.1) is 5.82 Å². The summed E-state index contributed by atoms with van der Waals surface area (Å²) in [5, 5.41) is 12.0. The summed E-state index contributed by atoms with van der Waals surface area (Å²) in [6.07, 6.45) is 1.42. The molecule has 0 saturated carbocycles. The smallest absolute Gasteiger partial charge is 0.247 e. The van der Waals surface area contributed by atoms with Crippen LogP contribution in [-0.4, -0.2) is 22.3 Å². The number of nitrogens with zero attached hydrogens (tertiary/aromatic N) is 3. The molecule has 122 valence electrons. The molecule has 2 heterocycles. The number of hydrazone groups is 1. The number of anilines is 1. The molecule has 7 nitrogen and oxygen atoms in total. The number of aromatic nitrogens is 2. The molecule has 0 aliphatic carbocycles. The summed E-state index contributed by atoms with van der Waals surface area (Å²) < 4.78 is 18.5. The van der Waals surface area contributed by atoms with Crippen molar-refractivity contribution in [3.8, 4) is 11.3 Å². The van der Waals surface area contributed by atoms with E-state index >= 15 is 0 Å². The lowest BCUT2D eigenvalue weighted by Gasteiger charge is -1.96. The summed E-state index contributed by atoms with van der Waals surface area (Å²) in [6.45, 7) is 0. The van der Waals surface area contributed by atoms with Crippen molar-refractivity contribution in [3.63, 3.8) is 0 Å². The quantitative estimate of drug-likeness (QED) is 0.545. The lowest BCUT2D eigenvalue weighted by molar-refractivity contribution is -0.120. The summed E-state index contributed by atoms with van der Waals surface area (Å²) in [4.78, 5) is 11.7. The second-order valence-electron chi connectivity index (χ2n) is 4.71. The minimum atomic E-state index is -0.340. The lowest BCUT2D eigenvalue weighted by atomic mass is 10.2. The van der Waals surface area contributed by atoms with Crippen LogP contribution in [0.3, 0.4) is 0 Å². The molecule has 1 aromatic carbocycles. The highest BCUT2D eigenvalue weighted by atomic mass is 32.1. The first kappa shape index (κ1) is 15.8. The largest absolute Gasteiger partial charge is 0.455 e. The Morgan fingerprint density at radius 3 is 2.79 bits per heavy atom. The van der Waals surface area contributed by atoms with Crippen LogP contribution in [0.25, 0.3) is 11.3 Å². The molecule has 0 aliphatic heterocycles. The number of halogens is 1. The number of furan rings is 1. The summed E-state index contributed by atoms with van der Waals surface area (Å²) in [7, 11) is 0. The first-order chi connectivity index (χ1) is 11.6. The number of rotatable bonds is 5. The van der Waals surface area contributed by atoms with Gasteiger partial charge in [-0.3, -0.25) is 4.79 Å². The van der Waals surface area contributed by atoms with Gasteiger partial charge in [0.15, 0.2) is 0 Å². The minimum absolute atomic E-state index is 0.0468. The fraction of sp³-hybridized carbons (Fsp3) is 0.0667. The molecular formula is C15H12FN5O2S. The number of nitrogens with two attached hydrogens (primary N) is 1. The van der Waals surface area contributed by atoms with Crippen LogP contribution in [0.15, 0.2) is 45.9 Å². The average molecular weight is 345 g/mol. The lowest BCUT2D eigenvalue weighted by Crippen LogP contribution is -2.19. The summed E-state index contributed by atoms with van der Waals surface area (Å²) in [5.41, 5.74) is 8.55. The number of nitrogen functional groups attached to an aromatic ring is 1. The number of amides is 1. The topological polar surface area (TPSA) is 106 Å². The zero-order valence-corrected chi connectivity index (χ0v) is 13.1. The maximum atomic E-state index is 12.9. The van der Waals surface area contributed by atoms with Gasteiger partial charge in [-0.15, -0.1) is 10.2 Å². The number of nitrogens with one attached hydrogen (secondary N) is 1. The Morgan fingerprint density at radius 2 is 2.08 bits per heavy atom. The van der Waals surface area contributed by atoms with E-state index in [-0.39, 0.29) is 18.1 Å². The van der Waals surface area contributed by atoms with E-state index in [1.165, 1.54) is 18.3 Å². The standard InChI is InChI=1S/C15H12FN5O2S/c16-10-3-1-9(2-4-10)12-6-5-11(23-12)8-18-19-13(22)7-14-20-21-15(17)24-14/h1-6,8H,7H2,(H2,17,21)(H,19,22). The Labute approximate surface area is 140 Å². The molecule has 0 spiro atoms. The van der Waals surface area contributed by atoms with E-state index < -0.39 is 0 Å². The highest BCUT2D eigenvalue weighted by molar-refractivity contribution is 7.15. The molecule has 3 aromatic rings. The average Bonchev–Trinajstić information content (AvgIpc) is 3.17. The van der Waals surface area contributed by atoms with E-state index in [0.29, 0.717) is 21.7 Å². The zero-order chi connectivity index (χ0) is 16.9. The maximum absolute atomic E-state index is 12.9. The Kier molecular flexibility index (Phi) is 4.62. The van der Waals surface area contributed by atoms with Gasteiger partial charge in [-0.05, 0) is 36.4 Å². The van der Waals surface area contributed by atoms with Gasteiger partial charge in [-0.1, -0.05) is 11.3 Å². The summed E-state index contributed by atoms with van der Waals surface area (Å²) in [6, 6.07) is 9.37. The first-order valence-corrected chi connectivity index (χ1v) is 7.67. The van der Waals surface area contributed by atoms with Crippen LogP contribution < -0.4 is 11.2 Å². The fourth-order valence-corrected chi connectivity index (χ4v) is 2.48. The number of benzene rings is 1. The van der Waals surface area contributed by atoms with Crippen LogP contribution in [0.2, 0.25) is 0 Å². The summed E-state index contributed by atoms with van der Waals surface area (Å²) >= 11 is 1.15. The van der Waals surface area contributed by atoms with Crippen molar-refractivity contribution in [1.29, 1.82) is 0 Å². The van der Waals surface area contributed by atoms with Gasteiger partial charge in [0, 0.05) is 5.56 Å². The predicted octanol–water partition coefficient (Wildman–Crippen LogP) is 2.21. The molecule has 0 radical (unpaired) electrons. The molecule has 0 unspecified atom stereocenters. The molecule has 1 amide bonds. The molecule has 24 heavy (non-hydrogen) atoms. The molecule has 2 aromatic heterocycles. The Bertz CT molecular complexity index is 872. The van der Waals surface area contributed by atoms with Crippen molar-refractivity contribution < 1.29 is 13.6 Å². The Balaban J connectivity index is 1.57. The van der Waals surface area contributed by atoms with Crippen molar-refractivity contribution in [2.75, 3.05) is 5.73 Å². The van der Waals surface area contributed by atoms with Crippen molar-refractivity contribution in [2.45, 2.75) is 6.42 Å². The van der Waals surface area contributed by atoms with Gasteiger partial charge >= 0.3 is 0 Å².